The highest BCUT2D eigenvalue weighted by molar-refractivity contribution is 9.10. The van der Waals surface area contributed by atoms with Crippen molar-refractivity contribution in [3.8, 4) is 6.07 Å². The molecule has 2 rings (SSSR count). The van der Waals surface area contributed by atoms with Gasteiger partial charge in [0.2, 0.25) is 0 Å². The lowest BCUT2D eigenvalue weighted by atomic mass is 10.2. The standard InChI is InChI=1S/C13H8BrN3O/c14-10-4-5-16-12(7-10)13(18)17-11-3-1-2-9(6-11)8-15/h1-7H,(H,17,18). The second-order valence-corrected chi connectivity index (χ2v) is 4.42. The van der Waals surface area contributed by atoms with Crippen molar-refractivity contribution >= 4 is 27.5 Å². The number of amides is 1. The number of anilines is 1. The fourth-order valence-corrected chi connectivity index (χ4v) is 1.73. The molecular weight excluding hydrogens is 294 g/mol. The Labute approximate surface area is 112 Å². The minimum atomic E-state index is -0.314. The minimum Gasteiger partial charge on any atom is -0.321 e. The van der Waals surface area contributed by atoms with Gasteiger partial charge in [-0.15, -0.1) is 0 Å². The van der Waals surface area contributed by atoms with Crippen molar-refractivity contribution in [1.82, 2.24) is 4.98 Å². The second kappa shape index (κ2) is 5.43. The van der Waals surface area contributed by atoms with E-state index in [-0.39, 0.29) is 5.91 Å². The number of halogens is 1. The summed E-state index contributed by atoms with van der Waals surface area (Å²) in [6.07, 6.45) is 1.55. The van der Waals surface area contributed by atoms with E-state index in [4.69, 9.17) is 5.26 Å². The number of hydrogen-bond donors (Lipinski definition) is 1. The van der Waals surface area contributed by atoms with Crippen LogP contribution in [0.2, 0.25) is 0 Å². The maximum atomic E-state index is 11.9. The summed E-state index contributed by atoms with van der Waals surface area (Å²) in [6, 6.07) is 12.1. The monoisotopic (exact) mass is 301 g/mol. The van der Waals surface area contributed by atoms with Crippen LogP contribution in [0.1, 0.15) is 16.1 Å². The van der Waals surface area contributed by atoms with Crippen LogP contribution in [0, 0.1) is 11.3 Å². The Kier molecular flexibility index (Phi) is 3.70. The molecule has 2 aromatic rings. The number of pyridine rings is 1. The molecular formula is C13H8BrN3O. The molecule has 1 heterocycles. The van der Waals surface area contributed by atoms with Crippen molar-refractivity contribution in [2.45, 2.75) is 0 Å². The molecule has 0 fully saturated rings. The number of carbonyl (C=O) groups excluding carboxylic acids is 1. The molecule has 0 saturated heterocycles. The van der Waals surface area contributed by atoms with Gasteiger partial charge in [-0.25, -0.2) is 0 Å². The summed E-state index contributed by atoms with van der Waals surface area (Å²) in [5.74, 6) is -0.314. The van der Waals surface area contributed by atoms with Gasteiger partial charge in [-0.05, 0) is 30.3 Å². The molecule has 0 aliphatic heterocycles. The van der Waals surface area contributed by atoms with E-state index in [0.717, 1.165) is 4.47 Å². The average Bonchev–Trinajstić information content (AvgIpc) is 2.39. The van der Waals surface area contributed by atoms with Gasteiger partial charge in [0.1, 0.15) is 5.69 Å². The average molecular weight is 302 g/mol. The van der Waals surface area contributed by atoms with E-state index in [1.807, 2.05) is 6.07 Å². The third-order valence-electron chi connectivity index (χ3n) is 2.20. The van der Waals surface area contributed by atoms with E-state index in [9.17, 15) is 4.79 Å². The zero-order valence-corrected chi connectivity index (χ0v) is 10.8. The Morgan fingerprint density at radius 2 is 2.17 bits per heavy atom. The molecule has 4 nitrogen and oxygen atoms in total. The van der Waals surface area contributed by atoms with Gasteiger partial charge in [-0.2, -0.15) is 5.26 Å². The molecule has 0 unspecified atom stereocenters. The first-order valence-electron chi connectivity index (χ1n) is 5.12. The number of aromatic nitrogens is 1. The number of nitrogens with zero attached hydrogens (tertiary/aromatic N) is 2. The molecule has 0 bridgehead atoms. The predicted octanol–water partition coefficient (Wildman–Crippen LogP) is 2.97. The van der Waals surface area contributed by atoms with Crippen molar-refractivity contribution in [3.63, 3.8) is 0 Å². The number of rotatable bonds is 2. The normalized spacial score (nSPS) is 9.56. The largest absolute Gasteiger partial charge is 0.321 e. The van der Waals surface area contributed by atoms with E-state index in [0.29, 0.717) is 16.9 Å². The number of carbonyl (C=O) groups is 1. The number of hydrogen-bond acceptors (Lipinski definition) is 3. The van der Waals surface area contributed by atoms with Gasteiger partial charge in [0.15, 0.2) is 0 Å². The van der Waals surface area contributed by atoms with Crippen LogP contribution in [0.5, 0.6) is 0 Å². The molecule has 0 aliphatic carbocycles. The third-order valence-corrected chi connectivity index (χ3v) is 2.70. The molecule has 88 valence electrons. The summed E-state index contributed by atoms with van der Waals surface area (Å²) in [5.41, 5.74) is 1.38. The highest BCUT2D eigenvalue weighted by atomic mass is 79.9. The van der Waals surface area contributed by atoms with Crippen LogP contribution < -0.4 is 5.32 Å². The highest BCUT2D eigenvalue weighted by Gasteiger charge is 2.08. The quantitative estimate of drug-likeness (QED) is 0.927. The van der Waals surface area contributed by atoms with Gasteiger partial charge in [-0.1, -0.05) is 22.0 Å². The van der Waals surface area contributed by atoms with Crippen LogP contribution in [0.4, 0.5) is 5.69 Å². The predicted molar refractivity (Wildman–Crippen MR) is 71.0 cm³/mol. The molecule has 1 aromatic heterocycles. The lowest BCUT2D eigenvalue weighted by Crippen LogP contribution is -2.13. The summed E-state index contributed by atoms with van der Waals surface area (Å²) in [4.78, 5) is 15.9. The summed E-state index contributed by atoms with van der Waals surface area (Å²) in [5, 5.41) is 11.5. The van der Waals surface area contributed by atoms with Gasteiger partial charge < -0.3 is 5.32 Å². The Hall–Kier alpha value is -2.19. The fourth-order valence-electron chi connectivity index (χ4n) is 1.39. The summed E-state index contributed by atoms with van der Waals surface area (Å²) >= 11 is 3.28. The van der Waals surface area contributed by atoms with Gasteiger partial charge in [0.05, 0.1) is 11.6 Å². The molecule has 0 saturated carbocycles. The van der Waals surface area contributed by atoms with Crippen molar-refractivity contribution < 1.29 is 4.79 Å². The Bertz CT molecular complexity index is 634. The Morgan fingerprint density at radius 1 is 1.33 bits per heavy atom. The van der Waals surface area contributed by atoms with Crippen molar-refractivity contribution in [2.75, 3.05) is 5.32 Å². The molecule has 1 amide bonds. The zero-order valence-electron chi connectivity index (χ0n) is 9.22. The summed E-state index contributed by atoms with van der Waals surface area (Å²) in [6.45, 7) is 0. The molecule has 0 atom stereocenters. The van der Waals surface area contributed by atoms with Crippen molar-refractivity contribution in [1.29, 1.82) is 5.26 Å². The van der Waals surface area contributed by atoms with Crippen molar-refractivity contribution in [3.05, 3.63) is 58.3 Å². The number of benzene rings is 1. The van der Waals surface area contributed by atoms with Crippen LogP contribution in [-0.4, -0.2) is 10.9 Å². The third kappa shape index (κ3) is 2.93. The maximum absolute atomic E-state index is 11.9. The fraction of sp³-hybridized carbons (Fsp3) is 0. The Morgan fingerprint density at radius 3 is 2.89 bits per heavy atom. The lowest BCUT2D eigenvalue weighted by molar-refractivity contribution is 0.102. The van der Waals surface area contributed by atoms with E-state index >= 15 is 0 Å². The van der Waals surface area contributed by atoms with Gasteiger partial charge in [-0.3, -0.25) is 9.78 Å². The maximum Gasteiger partial charge on any atom is 0.274 e. The molecule has 0 spiro atoms. The smallest absolute Gasteiger partial charge is 0.274 e. The van der Waals surface area contributed by atoms with E-state index in [1.165, 1.54) is 0 Å². The minimum absolute atomic E-state index is 0.312. The number of nitriles is 1. The van der Waals surface area contributed by atoms with Crippen LogP contribution in [0.3, 0.4) is 0 Å². The molecule has 1 N–H and O–H groups in total. The SMILES string of the molecule is N#Cc1cccc(NC(=O)c2cc(Br)ccn2)c1. The van der Waals surface area contributed by atoms with E-state index < -0.39 is 0 Å². The van der Waals surface area contributed by atoms with E-state index in [2.05, 4.69) is 26.2 Å². The van der Waals surface area contributed by atoms with Crippen LogP contribution in [-0.2, 0) is 0 Å². The lowest BCUT2D eigenvalue weighted by Gasteiger charge is -2.04. The summed E-state index contributed by atoms with van der Waals surface area (Å²) in [7, 11) is 0. The number of nitrogens with one attached hydrogen (secondary N) is 1. The van der Waals surface area contributed by atoms with Gasteiger partial charge in [0, 0.05) is 16.4 Å². The van der Waals surface area contributed by atoms with E-state index in [1.54, 1.807) is 42.6 Å². The first-order chi connectivity index (χ1) is 8.69. The second-order valence-electron chi connectivity index (χ2n) is 3.51. The summed E-state index contributed by atoms with van der Waals surface area (Å²) < 4.78 is 0.786. The zero-order chi connectivity index (χ0) is 13.0. The van der Waals surface area contributed by atoms with Gasteiger partial charge in [0.25, 0.3) is 5.91 Å². The molecule has 0 radical (unpaired) electrons. The molecule has 0 aliphatic rings. The molecule has 1 aromatic carbocycles. The van der Waals surface area contributed by atoms with Gasteiger partial charge >= 0.3 is 0 Å². The topological polar surface area (TPSA) is 65.8 Å². The van der Waals surface area contributed by atoms with Crippen molar-refractivity contribution in [2.24, 2.45) is 0 Å². The Balaban J connectivity index is 2.19. The first kappa shape index (κ1) is 12.3. The van der Waals surface area contributed by atoms with Crippen LogP contribution in [0.15, 0.2) is 47.1 Å². The van der Waals surface area contributed by atoms with Crippen LogP contribution >= 0.6 is 15.9 Å². The highest BCUT2D eigenvalue weighted by Crippen LogP contribution is 2.13. The molecule has 5 heteroatoms. The molecule has 18 heavy (non-hydrogen) atoms. The van der Waals surface area contributed by atoms with Crippen LogP contribution in [0.25, 0.3) is 0 Å². The first-order valence-corrected chi connectivity index (χ1v) is 5.91.